The van der Waals surface area contributed by atoms with Crippen LogP contribution in [-0.2, 0) is 25.3 Å². The number of allylic oxidation sites excluding steroid dienone is 2. The fraction of sp³-hybridized carbons (Fsp3) is 0.185. The van der Waals surface area contributed by atoms with Crippen LogP contribution >= 0.6 is 22.7 Å². The summed E-state index contributed by atoms with van der Waals surface area (Å²) < 4.78 is 0. The van der Waals surface area contributed by atoms with Crippen LogP contribution in [0.5, 0.6) is 0 Å². The summed E-state index contributed by atoms with van der Waals surface area (Å²) in [6.07, 6.45) is 3.53. The van der Waals surface area contributed by atoms with E-state index >= 15 is 0 Å². The highest BCUT2D eigenvalue weighted by atomic mass is 32.1. The van der Waals surface area contributed by atoms with Crippen molar-refractivity contribution in [1.29, 1.82) is 0 Å². The molecule has 1 aliphatic rings. The van der Waals surface area contributed by atoms with Crippen LogP contribution in [0.2, 0.25) is 0 Å². The summed E-state index contributed by atoms with van der Waals surface area (Å²) in [5.41, 5.74) is 8.34. The summed E-state index contributed by atoms with van der Waals surface area (Å²) in [5, 5.41) is 0. The molecule has 0 saturated heterocycles. The van der Waals surface area contributed by atoms with Gasteiger partial charge in [-0.1, -0.05) is 48.5 Å². The van der Waals surface area contributed by atoms with Crippen LogP contribution in [0.3, 0.4) is 0 Å². The fourth-order valence-corrected chi connectivity index (χ4v) is 6.98. The van der Waals surface area contributed by atoms with Crippen LogP contribution in [0.4, 0.5) is 0 Å². The van der Waals surface area contributed by atoms with E-state index in [-0.39, 0.29) is 0 Å². The lowest BCUT2D eigenvalue weighted by molar-refractivity contribution is 0.941. The summed E-state index contributed by atoms with van der Waals surface area (Å²) in [6.45, 7) is 4.51. The van der Waals surface area contributed by atoms with Gasteiger partial charge in [0.05, 0.1) is 0 Å². The normalized spacial score (nSPS) is 13.9. The third-order valence-electron chi connectivity index (χ3n) is 5.94. The smallest absolute Gasteiger partial charge is 0.0351 e. The number of hydrogen-bond acceptors (Lipinski definition) is 4. The standard InChI is InChI=1S/C27H24S4/c1-16-24(14-26(30-16)18-6-3-8-20(28)12-18)22-10-5-11-23(22)25-15-27(31-17(25)2)19-7-4-9-21(29)13-19/h3-4,6-9,12-15,28-29H,5,10-11H2,1-2H3/p-2. The molecular weight excluding hydrogens is 453 g/mol. The van der Waals surface area contributed by atoms with Crippen molar-refractivity contribution in [3.05, 3.63) is 81.5 Å². The van der Waals surface area contributed by atoms with Crippen molar-refractivity contribution in [3.8, 4) is 20.9 Å². The minimum atomic E-state index is 0.899. The minimum absolute atomic E-state index is 0.899. The van der Waals surface area contributed by atoms with Crippen LogP contribution in [0.1, 0.15) is 40.1 Å². The molecule has 0 nitrogen and oxygen atoms in total. The Morgan fingerprint density at radius 2 is 1.10 bits per heavy atom. The highest BCUT2D eigenvalue weighted by Gasteiger charge is 2.23. The van der Waals surface area contributed by atoms with E-state index in [0.717, 1.165) is 22.6 Å². The lowest BCUT2D eigenvalue weighted by atomic mass is 9.96. The van der Waals surface area contributed by atoms with Crippen molar-refractivity contribution in [1.82, 2.24) is 0 Å². The molecular formula is C27H22S4-2. The van der Waals surface area contributed by atoms with Crippen molar-refractivity contribution in [3.63, 3.8) is 0 Å². The molecule has 0 unspecified atom stereocenters. The van der Waals surface area contributed by atoms with E-state index in [2.05, 4.69) is 62.4 Å². The van der Waals surface area contributed by atoms with Crippen molar-refractivity contribution in [2.24, 2.45) is 0 Å². The molecule has 2 heterocycles. The van der Waals surface area contributed by atoms with E-state index in [1.54, 1.807) is 0 Å². The first kappa shape index (κ1) is 20.9. The molecule has 2 aromatic heterocycles. The van der Waals surface area contributed by atoms with E-state index < -0.39 is 0 Å². The van der Waals surface area contributed by atoms with Gasteiger partial charge in [0.15, 0.2) is 0 Å². The minimum Gasteiger partial charge on any atom is -0.780 e. The molecule has 1 aliphatic carbocycles. The third-order valence-corrected chi connectivity index (χ3v) is 8.65. The molecule has 2 aromatic carbocycles. The molecule has 156 valence electrons. The highest BCUT2D eigenvalue weighted by Crippen LogP contribution is 2.47. The van der Waals surface area contributed by atoms with E-state index in [4.69, 9.17) is 25.3 Å². The van der Waals surface area contributed by atoms with Crippen LogP contribution in [0.25, 0.3) is 32.0 Å². The summed E-state index contributed by atoms with van der Waals surface area (Å²) >= 11 is 14.5. The predicted molar refractivity (Wildman–Crippen MR) is 141 cm³/mol. The third kappa shape index (κ3) is 4.10. The molecule has 0 spiro atoms. The first-order chi connectivity index (χ1) is 15.0. The van der Waals surface area contributed by atoms with Gasteiger partial charge >= 0.3 is 0 Å². The van der Waals surface area contributed by atoms with Gasteiger partial charge in [0.1, 0.15) is 0 Å². The average molecular weight is 475 g/mol. The number of hydrogen-bond donors (Lipinski definition) is 0. The Kier molecular flexibility index (Phi) is 5.74. The monoisotopic (exact) mass is 474 g/mol. The lowest BCUT2D eigenvalue weighted by Crippen LogP contribution is -1.86. The zero-order chi connectivity index (χ0) is 21.5. The van der Waals surface area contributed by atoms with Gasteiger partial charge in [-0.3, -0.25) is 0 Å². The summed E-state index contributed by atoms with van der Waals surface area (Å²) in [6, 6.07) is 21.4. The second-order valence-corrected chi connectivity index (χ2v) is 11.5. The van der Waals surface area contributed by atoms with E-state index in [1.165, 1.54) is 59.3 Å². The summed E-state index contributed by atoms with van der Waals surface area (Å²) in [7, 11) is 0. The van der Waals surface area contributed by atoms with Crippen molar-refractivity contribution < 1.29 is 0 Å². The van der Waals surface area contributed by atoms with Crippen molar-refractivity contribution >= 4 is 59.1 Å². The van der Waals surface area contributed by atoms with Gasteiger partial charge < -0.3 is 25.3 Å². The molecule has 0 bridgehead atoms. The molecule has 0 fully saturated rings. The zero-order valence-electron chi connectivity index (χ0n) is 17.5. The van der Waals surface area contributed by atoms with E-state index in [1.807, 2.05) is 34.8 Å². The predicted octanol–water partition coefficient (Wildman–Crippen LogP) is 8.67. The maximum atomic E-state index is 5.38. The maximum absolute atomic E-state index is 5.38. The van der Waals surface area contributed by atoms with Gasteiger partial charge in [-0.15, -0.1) is 22.7 Å². The highest BCUT2D eigenvalue weighted by molar-refractivity contribution is 7.59. The largest absolute Gasteiger partial charge is 0.780 e. The molecule has 31 heavy (non-hydrogen) atoms. The first-order valence-electron chi connectivity index (χ1n) is 10.5. The molecule has 0 aliphatic heterocycles. The Bertz CT molecular complexity index is 1200. The molecule has 0 atom stereocenters. The molecule has 0 radical (unpaired) electrons. The van der Waals surface area contributed by atoms with Gasteiger partial charge in [-0.25, -0.2) is 0 Å². The molecule has 4 heteroatoms. The Hall–Kier alpha value is -1.98. The Morgan fingerprint density at radius 3 is 1.52 bits per heavy atom. The number of benzene rings is 2. The van der Waals surface area contributed by atoms with Crippen LogP contribution in [0, 0.1) is 13.8 Å². The Morgan fingerprint density at radius 1 is 0.645 bits per heavy atom. The Labute approximate surface area is 203 Å². The molecule has 4 aromatic rings. The summed E-state index contributed by atoms with van der Waals surface area (Å²) in [5.74, 6) is 0. The van der Waals surface area contributed by atoms with Crippen molar-refractivity contribution in [2.75, 3.05) is 0 Å². The maximum Gasteiger partial charge on any atom is 0.0351 e. The first-order valence-corrected chi connectivity index (χ1v) is 12.9. The van der Waals surface area contributed by atoms with Gasteiger partial charge in [0, 0.05) is 19.5 Å². The molecule has 0 saturated carbocycles. The SMILES string of the molecule is Cc1sc(-c2cccc([S-])c2)cc1C1=C(c2cc(-c3cccc([S-])c3)sc2C)CCC1. The van der Waals surface area contributed by atoms with Gasteiger partial charge in [-0.05, 0) is 78.6 Å². The second kappa shape index (κ2) is 8.51. The second-order valence-electron chi connectivity index (χ2n) is 8.03. The van der Waals surface area contributed by atoms with Crippen LogP contribution in [0.15, 0.2) is 70.5 Å². The van der Waals surface area contributed by atoms with Gasteiger partial charge in [0.2, 0.25) is 0 Å². The van der Waals surface area contributed by atoms with Gasteiger partial charge in [-0.2, -0.15) is 9.79 Å². The topological polar surface area (TPSA) is 0 Å². The Balaban J connectivity index is 1.57. The van der Waals surface area contributed by atoms with Gasteiger partial charge in [0.25, 0.3) is 0 Å². The van der Waals surface area contributed by atoms with E-state index in [0.29, 0.717) is 0 Å². The van der Waals surface area contributed by atoms with E-state index in [9.17, 15) is 0 Å². The molecule has 0 N–H and O–H groups in total. The van der Waals surface area contributed by atoms with Crippen LogP contribution in [-0.4, -0.2) is 0 Å². The average Bonchev–Trinajstić information content (AvgIpc) is 3.46. The lowest BCUT2D eigenvalue weighted by Gasteiger charge is -2.08. The number of rotatable bonds is 4. The fourth-order valence-electron chi connectivity index (χ4n) is 4.48. The zero-order valence-corrected chi connectivity index (χ0v) is 20.8. The quantitative estimate of drug-likeness (QED) is 0.271. The number of thiophene rings is 2. The van der Waals surface area contributed by atoms with Crippen LogP contribution < -0.4 is 0 Å². The molecule has 0 amide bonds. The number of aryl methyl sites for hydroxylation is 2. The van der Waals surface area contributed by atoms with Crippen molar-refractivity contribution in [2.45, 2.75) is 42.9 Å². The molecule has 5 rings (SSSR count). The summed E-state index contributed by atoms with van der Waals surface area (Å²) in [4.78, 5) is 7.20.